The molecule has 0 aliphatic heterocycles. The Kier molecular flexibility index (Phi) is 3.33. The van der Waals surface area contributed by atoms with Gasteiger partial charge in [0.05, 0.1) is 12.9 Å². The fourth-order valence-corrected chi connectivity index (χ4v) is 0.423. The Bertz CT molecular complexity index is 80.6. The number of hydrogen-bond donors (Lipinski definition) is 0. The molecule has 0 rings (SSSR count). The molecule has 1 nitrogen and oxygen atoms in total. The molecule has 0 saturated heterocycles. The van der Waals surface area contributed by atoms with Crippen molar-refractivity contribution >= 4 is 0 Å². The molecule has 0 aromatic rings. The number of ether oxygens (including phenoxy) is 1. The Hall–Kier alpha value is -0.460. The van der Waals surface area contributed by atoms with Crippen molar-refractivity contribution < 1.29 is 4.74 Å². The summed E-state index contributed by atoms with van der Waals surface area (Å²) < 4.78 is 4.98. The maximum absolute atomic E-state index is 4.98. The third-order valence-electron chi connectivity index (χ3n) is 1.44. The van der Waals surface area contributed by atoms with Gasteiger partial charge in [0.1, 0.15) is 0 Å². The minimum Gasteiger partial charge on any atom is -0.501 e. The Labute approximate surface area is 51.4 Å². The fourth-order valence-electron chi connectivity index (χ4n) is 0.423. The van der Waals surface area contributed by atoms with Crippen molar-refractivity contribution in [2.24, 2.45) is 0 Å². The van der Waals surface area contributed by atoms with Gasteiger partial charge in [-0.2, -0.15) is 0 Å². The van der Waals surface area contributed by atoms with Gasteiger partial charge in [0.2, 0.25) is 0 Å². The van der Waals surface area contributed by atoms with Crippen molar-refractivity contribution in [2.45, 2.75) is 27.2 Å². The van der Waals surface area contributed by atoms with E-state index in [4.69, 9.17) is 4.74 Å². The molecule has 0 aromatic carbocycles. The van der Waals surface area contributed by atoms with Gasteiger partial charge in [-0.15, -0.1) is 0 Å². The van der Waals surface area contributed by atoms with Crippen LogP contribution in [0.15, 0.2) is 11.3 Å². The topological polar surface area (TPSA) is 9.23 Å². The lowest BCUT2D eigenvalue weighted by atomic mass is 10.2. The lowest BCUT2D eigenvalue weighted by Crippen LogP contribution is -1.83. The van der Waals surface area contributed by atoms with E-state index in [1.165, 1.54) is 5.57 Å². The zero-order valence-corrected chi connectivity index (χ0v) is 6.12. The molecule has 0 atom stereocenters. The van der Waals surface area contributed by atoms with Gasteiger partial charge in [-0.25, -0.2) is 0 Å². The van der Waals surface area contributed by atoms with E-state index in [2.05, 4.69) is 13.8 Å². The van der Waals surface area contributed by atoms with E-state index in [1.54, 1.807) is 7.11 Å². The summed E-state index contributed by atoms with van der Waals surface area (Å²) in [6.45, 7) is 6.19. The predicted molar refractivity (Wildman–Crippen MR) is 35.7 cm³/mol. The van der Waals surface area contributed by atoms with E-state index < -0.39 is 0 Å². The normalized spacial score (nSPS) is 13.0. The minimum absolute atomic E-state index is 1.05. The quantitative estimate of drug-likeness (QED) is 0.501. The molecule has 0 heterocycles. The van der Waals surface area contributed by atoms with Crippen molar-refractivity contribution in [3.8, 4) is 0 Å². The van der Waals surface area contributed by atoms with Gasteiger partial charge >= 0.3 is 0 Å². The molecule has 8 heavy (non-hydrogen) atoms. The highest BCUT2D eigenvalue weighted by molar-refractivity contribution is 5.01. The lowest BCUT2D eigenvalue weighted by Gasteiger charge is -2.01. The molecule has 0 aromatic heterocycles. The highest BCUT2D eigenvalue weighted by atomic mass is 16.5. The van der Waals surface area contributed by atoms with Gasteiger partial charge in [-0.1, -0.05) is 6.92 Å². The van der Waals surface area contributed by atoms with E-state index in [9.17, 15) is 0 Å². The second kappa shape index (κ2) is 3.53. The molecule has 1 heteroatoms. The monoisotopic (exact) mass is 114 g/mol. The molecular formula is C7H14O. The first-order valence-corrected chi connectivity index (χ1v) is 2.92. The number of hydrogen-bond acceptors (Lipinski definition) is 1. The van der Waals surface area contributed by atoms with Crippen LogP contribution in [0.25, 0.3) is 0 Å². The zero-order valence-electron chi connectivity index (χ0n) is 6.12. The van der Waals surface area contributed by atoms with Gasteiger partial charge in [0.25, 0.3) is 0 Å². The Morgan fingerprint density at radius 1 is 1.38 bits per heavy atom. The first-order chi connectivity index (χ1) is 3.72. The highest BCUT2D eigenvalue weighted by Crippen LogP contribution is 2.05. The molecule has 0 fully saturated rings. The summed E-state index contributed by atoms with van der Waals surface area (Å²) in [5, 5.41) is 0. The second-order valence-corrected chi connectivity index (χ2v) is 1.89. The maximum Gasteiger partial charge on any atom is 0.0913 e. The van der Waals surface area contributed by atoms with Crippen molar-refractivity contribution in [3.63, 3.8) is 0 Å². The third kappa shape index (κ3) is 2.01. The van der Waals surface area contributed by atoms with Crippen molar-refractivity contribution in [1.29, 1.82) is 0 Å². The highest BCUT2D eigenvalue weighted by Gasteiger charge is 1.89. The van der Waals surface area contributed by atoms with Crippen LogP contribution in [0.2, 0.25) is 0 Å². The largest absolute Gasteiger partial charge is 0.501 e. The van der Waals surface area contributed by atoms with Crippen LogP contribution in [0.4, 0.5) is 0 Å². The van der Waals surface area contributed by atoms with Crippen LogP contribution in [0.3, 0.4) is 0 Å². The molecule has 0 N–H and O–H groups in total. The summed E-state index contributed by atoms with van der Waals surface area (Å²) in [5.74, 6) is 1.05. The van der Waals surface area contributed by atoms with E-state index in [0.717, 1.165) is 12.2 Å². The second-order valence-electron chi connectivity index (χ2n) is 1.89. The van der Waals surface area contributed by atoms with Crippen LogP contribution in [-0.2, 0) is 4.74 Å². The molecule has 0 saturated carbocycles. The summed E-state index contributed by atoms with van der Waals surface area (Å²) in [6, 6.07) is 0. The fraction of sp³-hybridized carbons (Fsp3) is 0.714. The van der Waals surface area contributed by atoms with Crippen LogP contribution in [0, 0.1) is 0 Å². The van der Waals surface area contributed by atoms with Gasteiger partial charge in [0.15, 0.2) is 0 Å². The number of rotatable bonds is 2. The summed E-state index contributed by atoms with van der Waals surface area (Å²) in [6.07, 6.45) is 1.08. The molecule has 0 radical (unpaired) electrons. The van der Waals surface area contributed by atoms with Gasteiger partial charge in [-0.05, 0) is 25.8 Å². The van der Waals surface area contributed by atoms with E-state index >= 15 is 0 Å². The van der Waals surface area contributed by atoms with Crippen LogP contribution in [-0.4, -0.2) is 7.11 Å². The third-order valence-corrected chi connectivity index (χ3v) is 1.44. The average Bonchev–Trinajstić information content (AvgIpc) is 1.84. The molecule has 0 unspecified atom stereocenters. The van der Waals surface area contributed by atoms with Crippen LogP contribution in [0.1, 0.15) is 27.2 Å². The smallest absolute Gasteiger partial charge is 0.0913 e. The predicted octanol–water partition coefficient (Wildman–Crippen LogP) is 2.34. The Morgan fingerprint density at radius 2 is 1.88 bits per heavy atom. The number of allylic oxidation sites excluding steroid dienone is 2. The van der Waals surface area contributed by atoms with Crippen molar-refractivity contribution in [3.05, 3.63) is 11.3 Å². The molecule has 0 spiro atoms. The van der Waals surface area contributed by atoms with Crippen molar-refractivity contribution in [1.82, 2.24) is 0 Å². The van der Waals surface area contributed by atoms with Gasteiger partial charge in [0, 0.05) is 0 Å². The number of methoxy groups -OCH3 is 1. The Balaban J connectivity index is 3.83. The van der Waals surface area contributed by atoms with Crippen LogP contribution >= 0.6 is 0 Å². The molecule has 0 aliphatic carbocycles. The van der Waals surface area contributed by atoms with Gasteiger partial charge < -0.3 is 4.74 Å². The summed E-state index contributed by atoms with van der Waals surface area (Å²) in [7, 11) is 1.70. The van der Waals surface area contributed by atoms with E-state index in [-0.39, 0.29) is 0 Å². The van der Waals surface area contributed by atoms with E-state index in [0.29, 0.717) is 0 Å². The lowest BCUT2D eigenvalue weighted by molar-refractivity contribution is 0.288. The van der Waals surface area contributed by atoms with Crippen molar-refractivity contribution in [2.75, 3.05) is 7.11 Å². The first kappa shape index (κ1) is 7.54. The standard InChI is InChI=1S/C7H14O/c1-5-6(2)7(3)8-4/h5H2,1-4H3. The summed E-state index contributed by atoms with van der Waals surface area (Å²) in [5.41, 5.74) is 1.33. The summed E-state index contributed by atoms with van der Waals surface area (Å²) in [4.78, 5) is 0. The average molecular weight is 114 g/mol. The molecule has 0 bridgehead atoms. The zero-order chi connectivity index (χ0) is 6.57. The molecule has 0 amide bonds. The molecule has 0 aliphatic rings. The molecular weight excluding hydrogens is 100 g/mol. The van der Waals surface area contributed by atoms with Gasteiger partial charge in [-0.3, -0.25) is 0 Å². The minimum atomic E-state index is 1.05. The first-order valence-electron chi connectivity index (χ1n) is 2.92. The molecule has 48 valence electrons. The van der Waals surface area contributed by atoms with E-state index in [1.807, 2.05) is 6.92 Å². The van der Waals surface area contributed by atoms with Crippen LogP contribution in [0.5, 0.6) is 0 Å². The maximum atomic E-state index is 4.98. The summed E-state index contributed by atoms with van der Waals surface area (Å²) >= 11 is 0. The van der Waals surface area contributed by atoms with Crippen LogP contribution < -0.4 is 0 Å². The SMILES string of the molecule is CCC(C)=C(C)OC. The Morgan fingerprint density at radius 3 is 2.00 bits per heavy atom.